The average Bonchev–Trinajstić information content (AvgIpc) is 3.02. The largest absolute Gasteiger partial charge is 0.488 e. The number of nitrogens with zero attached hydrogens (tertiary/aromatic N) is 1. The number of carbonyl (C=O) groups excluding carboxylic acids is 2. The van der Waals surface area contributed by atoms with Crippen LogP contribution in [0.5, 0.6) is 5.75 Å². The predicted octanol–water partition coefficient (Wildman–Crippen LogP) is 6.23. The van der Waals surface area contributed by atoms with Gasteiger partial charge in [-0.2, -0.15) is 0 Å². The molecule has 0 aromatic heterocycles. The second-order valence-electron chi connectivity index (χ2n) is 6.84. The molecule has 0 aliphatic carbocycles. The zero-order chi connectivity index (χ0) is 23.1. The van der Waals surface area contributed by atoms with Crippen molar-refractivity contribution in [2.45, 2.75) is 26.4 Å². The molecule has 0 radical (unpaired) electrons. The number of amides is 1. The molecule has 5 nitrogen and oxygen atoms in total. The SMILES string of the molecule is CCOC(=O)CCCN1C(=O)/C(=C\c2cc(Br)ccc2OCc2ccc(Cl)cc2)SC1=S. The molecule has 2 aromatic carbocycles. The van der Waals surface area contributed by atoms with E-state index in [0.29, 0.717) is 46.2 Å². The summed E-state index contributed by atoms with van der Waals surface area (Å²) in [5.41, 5.74) is 1.75. The average molecular weight is 555 g/mol. The first-order valence-corrected chi connectivity index (χ1v) is 12.3. The maximum Gasteiger partial charge on any atom is 0.305 e. The Morgan fingerprint density at radius 2 is 2.00 bits per heavy atom. The van der Waals surface area contributed by atoms with Crippen molar-refractivity contribution in [3.05, 3.63) is 68.0 Å². The van der Waals surface area contributed by atoms with Gasteiger partial charge in [-0.25, -0.2) is 0 Å². The summed E-state index contributed by atoms with van der Waals surface area (Å²) < 4.78 is 12.3. The van der Waals surface area contributed by atoms with Crippen LogP contribution in [-0.4, -0.2) is 34.2 Å². The Bertz CT molecular complexity index is 1040. The van der Waals surface area contributed by atoms with Gasteiger partial charge in [0.1, 0.15) is 16.7 Å². The van der Waals surface area contributed by atoms with Gasteiger partial charge in [0.15, 0.2) is 0 Å². The third-order valence-electron chi connectivity index (χ3n) is 4.51. The Morgan fingerprint density at radius 3 is 2.72 bits per heavy atom. The van der Waals surface area contributed by atoms with Gasteiger partial charge in [-0.05, 0) is 55.3 Å². The van der Waals surface area contributed by atoms with Crippen molar-refractivity contribution in [1.29, 1.82) is 0 Å². The van der Waals surface area contributed by atoms with E-state index in [9.17, 15) is 9.59 Å². The molecular formula is C23H21BrClNO4S2. The number of benzene rings is 2. The normalized spacial score (nSPS) is 14.8. The number of ether oxygens (including phenoxy) is 2. The lowest BCUT2D eigenvalue weighted by molar-refractivity contribution is -0.143. The second kappa shape index (κ2) is 11.8. The Kier molecular flexibility index (Phi) is 9.16. The zero-order valence-corrected chi connectivity index (χ0v) is 21.3. The topological polar surface area (TPSA) is 55.8 Å². The highest BCUT2D eigenvalue weighted by Gasteiger charge is 2.32. The summed E-state index contributed by atoms with van der Waals surface area (Å²) in [6, 6.07) is 13.1. The number of esters is 1. The number of thioether (sulfide) groups is 1. The fourth-order valence-corrected chi connectivity index (χ4v) is 4.76. The molecule has 2 aromatic rings. The van der Waals surface area contributed by atoms with Gasteiger partial charge in [-0.1, -0.05) is 63.6 Å². The van der Waals surface area contributed by atoms with E-state index in [1.807, 2.05) is 42.5 Å². The monoisotopic (exact) mass is 553 g/mol. The summed E-state index contributed by atoms with van der Waals surface area (Å²) in [6.07, 6.45) is 2.52. The van der Waals surface area contributed by atoms with Crippen LogP contribution in [0, 0.1) is 0 Å². The third kappa shape index (κ3) is 6.81. The molecule has 9 heteroatoms. The van der Waals surface area contributed by atoms with Gasteiger partial charge in [0, 0.05) is 28.0 Å². The molecule has 3 rings (SSSR count). The van der Waals surface area contributed by atoms with Gasteiger partial charge in [-0.3, -0.25) is 14.5 Å². The van der Waals surface area contributed by atoms with Crippen molar-refractivity contribution < 1.29 is 19.1 Å². The summed E-state index contributed by atoms with van der Waals surface area (Å²) in [6.45, 7) is 2.85. The van der Waals surface area contributed by atoms with Gasteiger partial charge in [0.2, 0.25) is 0 Å². The Balaban J connectivity index is 1.70. The highest BCUT2D eigenvalue weighted by molar-refractivity contribution is 9.10. The molecule has 0 spiro atoms. The number of hydrogen-bond donors (Lipinski definition) is 0. The first kappa shape index (κ1) is 24.8. The minimum absolute atomic E-state index is 0.174. The number of halogens is 2. The lowest BCUT2D eigenvalue weighted by atomic mass is 10.1. The first-order chi connectivity index (χ1) is 15.4. The van der Waals surface area contributed by atoms with Crippen molar-refractivity contribution in [2.75, 3.05) is 13.2 Å². The number of rotatable bonds is 9. The van der Waals surface area contributed by atoms with E-state index in [-0.39, 0.29) is 18.3 Å². The Morgan fingerprint density at radius 1 is 1.25 bits per heavy atom. The van der Waals surface area contributed by atoms with Crippen LogP contribution >= 0.6 is 51.5 Å². The first-order valence-electron chi connectivity index (χ1n) is 9.95. The van der Waals surface area contributed by atoms with Gasteiger partial charge < -0.3 is 9.47 Å². The molecule has 1 fully saturated rings. The van der Waals surface area contributed by atoms with Crippen molar-refractivity contribution in [2.24, 2.45) is 0 Å². The summed E-state index contributed by atoms with van der Waals surface area (Å²) in [4.78, 5) is 26.5. The highest BCUT2D eigenvalue weighted by atomic mass is 79.9. The van der Waals surface area contributed by atoms with Crippen LogP contribution in [0.3, 0.4) is 0 Å². The molecule has 0 atom stereocenters. The molecule has 0 saturated carbocycles. The molecule has 1 heterocycles. The van der Waals surface area contributed by atoms with E-state index in [2.05, 4.69) is 15.9 Å². The van der Waals surface area contributed by atoms with Crippen molar-refractivity contribution in [1.82, 2.24) is 4.90 Å². The Hall–Kier alpha value is -1.87. The van der Waals surface area contributed by atoms with Crippen molar-refractivity contribution in [3.8, 4) is 5.75 Å². The lowest BCUT2D eigenvalue weighted by Gasteiger charge is -2.14. The van der Waals surface area contributed by atoms with Crippen LogP contribution in [0.15, 0.2) is 51.8 Å². The third-order valence-corrected chi connectivity index (χ3v) is 6.63. The van der Waals surface area contributed by atoms with Gasteiger partial charge >= 0.3 is 5.97 Å². The summed E-state index contributed by atoms with van der Waals surface area (Å²) in [5, 5.41) is 0.669. The summed E-state index contributed by atoms with van der Waals surface area (Å²) in [5.74, 6) is 0.202. The quantitative estimate of drug-likeness (QED) is 0.208. The molecule has 1 aliphatic rings. The molecule has 0 N–H and O–H groups in total. The minimum Gasteiger partial charge on any atom is -0.488 e. The van der Waals surface area contributed by atoms with Crippen LogP contribution < -0.4 is 4.74 Å². The number of carbonyl (C=O) groups is 2. The molecular weight excluding hydrogens is 534 g/mol. The van der Waals surface area contributed by atoms with Gasteiger partial charge in [0.05, 0.1) is 11.5 Å². The van der Waals surface area contributed by atoms with E-state index in [4.69, 9.17) is 33.3 Å². The minimum atomic E-state index is -0.273. The van der Waals surface area contributed by atoms with E-state index in [0.717, 1.165) is 15.6 Å². The summed E-state index contributed by atoms with van der Waals surface area (Å²) in [7, 11) is 0. The fourth-order valence-electron chi connectivity index (χ4n) is 2.95. The molecule has 32 heavy (non-hydrogen) atoms. The second-order valence-corrected chi connectivity index (χ2v) is 9.87. The molecule has 1 amide bonds. The van der Waals surface area contributed by atoms with Crippen LogP contribution in [0.1, 0.15) is 30.9 Å². The van der Waals surface area contributed by atoms with Crippen molar-refractivity contribution in [3.63, 3.8) is 0 Å². The maximum absolute atomic E-state index is 12.9. The molecule has 0 unspecified atom stereocenters. The zero-order valence-electron chi connectivity index (χ0n) is 17.3. The molecule has 0 bridgehead atoms. The van der Waals surface area contributed by atoms with Crippen LogP contribution in [0.25, 0.3) is 6.08 Å². The van der Waals surface area contributed by atoms with E-state index >= 15 is 0 Å². The number of hydrogen-bond acceptors (Lipinski definition) is 6. The van der Waals surface area contributed by atoms with Gasteiger partial charge in [-0.15, -0.1) is 0 Å². The lowest BCUT2D eigenvalue weighted by Crippen LogP contribution is -2.29. The maximum atomic E-state index is 12.9. The highest BCUT2D eigenvalue weighted by Crippen LogP contribution is 2.35. The van der Waals surface area contributed by atoms with Crippen LogP contribution in [-0.2, 0) is 20.9 Å². The fraction of sp³-hybridized carbons (Fsp3) is 0.261. The van der Waals surface area contributed by atoms with E-state index in [1.165, 1.54) is 16.7 Å². The molecule has 1 saturated heterocycles. The van der Waals surface area contributed by atoms with E-state index in [1.54, 1.807) is 13.0 Å². The van der Waals surface area contributed by atoms with Crippen molar-refractivity contribution >= 4 is 73.8 Å². The summed E-state index contributed by atoms with van der Waals surface area (Å²) >= 11 is 16.0. The number of thiocarbonyl (C=S) groups is 1. The predicted molar refractivity (Wildman–Crippen MR) is 136 cm³/mol. The molecule has 1 aliphatic heterocycles. The molecule has 168 valence electrons. The van der Waals surface area contributed by atoms with Crippen LogP contribution in [0.2, 0.25) is 5.02 Å². The van der Waals surface area contributed by atoms with E-state index < -0.39 is 0 Å². The van der Waals surface area contributed by atoms with Gasteiger partial charge in [0.25, 0.3) is 5.91 Å². The standard InChI is InChI=1S/C23H21BrClNO4S2/c1-2-29-21(27)4-3-11-26-22(28)20(32-23(26)31)13-16-12-17(24)7-10-19(16)30-14-15-5-8-18(25)9-6-15/h5-10,12-13H,2-4,11,14H2,1H3/b20-13+. The smallest absolute Gasteiger partial charge is 0.305 e. The van der Waals surface area contributed by atoms with Crippen LogP contribution in [0.4, 0.5) is 0 Å². The Labute approximate surface area is 210 Å².